The number of pyridine rings is 1. The molecule has 7 heteroatoms. The summed E-state index contributed by atoms with van der Waals surface area (Å²) in [4.78, 5) is 20.6. The van der Waals surface area contributed by atoms with Gasteiger partial charge in [-0.1, -0.05) is 35.3 Å². The molecule has 1 aliphatic heterocycles. The third-order valence-electron chi connectivity index (χ3n) is 4.32. The van der Waals surface area contributed by atoms with E-state index >= 15 is 0 Å². The van der Waals surface area contributed by atoms with Crippen LogP contribution in [-0.4, -0.2) is 42.0 Å². The number of amides is 1. The molecule has 0 radical (unpaired) electrons. The fraction of sp³-hybridized carbons (Fsp3) is 0.263. The first-order valence-corrected chi connectivity index (χ1v) is 8.99. The highest BCUT2D eigenvalue weighted by Crippen LogP contribution is 2.27. The van der Waals surface area contributed by atoms with Gasteiger partial charge in [0, 0.05) is 38.5 Å². The summed E-state index contributed by atoms with van der Waals surface area (Å²) in [6, 6.07) is 7.77. The summed E-state index contributed by atoms with van der Waals surface area (Å²) in [7, 11) is 0. The lowest BCUT2D eigenvalue weighted by Crippen LogP contribution is -2.48. The molecule has 1 aromatic heterocycles. The first kappa shape index (κ1) is 18.7. The second kappa shape index (κ2) is 8.06. The van der Waals surface area contributed by atoms with E-state index in [1.54, 1.807) is 35.4 Å². The number of carbonyl (C=O) groups excluding carboxylic acids is 1. The van der Waals surface area contributed by atoms with Crippen molar-refractivity contribution in [1.29, 1.82) is 0 Å². The summed E-state index contributed by atoms with van der Waals surface area (Å²) >= 11 is 12.1. The molecule has 0 unspecified atom stereocenters. The van der Waals surface area contributed by atoms with E-state index in [9.17, 15) is 9.18 Å². The predicted molar refractivity (Wildman–Crippen MR) is 103 cm³/mol. The van der Waals surface area contributed by atoms with Gasteiger partial charge in [0.05, 0.1) is 10.0 Å². The van der Waals surface area contributed by atoms with E-state index in [0.29, 0.717) is 42.0 Å². The zero-order valence-corrected chi connectivity index (χ0v) is 15.8. The van der Waals surface area contributed by atoms with Crippen molar-refractivity contribution >= 4 is 40.5 Å². The van der Waals surface area contributed by atoms with Crippen molar-refractivity contribution in [2.24, 2.45) is 0 Å². The Bertz CT molecular complexity index is 831. The summed E-state index contributed by atoms with van der Waals surface area (Å²) in [6.45, 7) is 4.28. The molecular formula is C19H18Cl2FN3O. The molecule has 1 aliphatic rings. The van der Waals surface area contributed by atoms with Crippen LogP contribution in [0.2, 0.25) is 10.0 Å². The van der Waals surface area contributed by atoms with Crippen molar-refractivity contribution in [2.75, 3.05) is 31.1 Å². The van der Waals surface area contributed by atoms with E-state index in [1.807, 2.05) is 11.8 Å². The van der Waals surface area contributed by atoms with Crippen LogP contribution in [0.4, 0.5) is 10.2 Å². The summed E-state index contributed by atoms with van der Waals surface area (Å²) in [5.74, 6) is 0.335. The molecule has 1 fully saturated rings. The van der Waals surface area contributed by atoms with Gasteiger partial charge in [0.15, 0.2) is 0 Å². The van der Waals surface area contributed by atoms with E-state index < -0.39 is 0 Å². The fourth-order valence-electron chi connectivity index (χ4n) is 2.85. The number of nitrogens with zero attached hydrogens (tertiary/aromatic N) is 3. The molecule has 0 saturated carbocycles. The third-order valence-corrected chi connectivity index (χ3v) is 4.80. The summed E-state index contributed by atoms with van der Waals surface area (Å²) in [5, 5.41) is 0.998. The number of anilines is 1. The predicted octanol–water partition coefficient (Wildman–Crippen LogP) is 4.28. The van der Waals surface area contributed by atoms with E-state index in [4.69, 9.17) is 23.2 Å². The Morgan fingerprint density at radius 3 is 2.42 bits per heavy atom. The van der Waals surface area contributed by atoms with Crippen LogP contribution in [0.25, 0.3) is 5.57 Å². The van der Waals surface area contributed by atoms with Crippen molar-refractivity contribution in [3.05, 3.63) is 64.0 Å². The first-order valence-electron chi connectivity index (χ1n) is 8.23. The average molecular weight is 394 g/mol. The molecule has 0 spiro atoms. The Morgan fingerprint density at radius 2 is 1.81 bits per heavy atom. The standard InChI is InChI=1S/C19H18Cl2FN3O/c1-13(14-2-4-16(22)5-3-14)10-18(26)24-6-8-25(9-7-24)19-17(21)11-15(20)12-23-19/h2-5,10-12H,6-9H2,1H3/b13-10-. The Hall–Kier alpha value is -2.11. The van der Waals surface area contributed by atoms with Gasteiger partial charge < -0.3 is 9.80 Å². The highest BCUT2D eigenvalue weighted by atomic mass is 35.5. The van der Waals surface area contributed by atoms with Crippen LogP contribution in [0, 0.1) is 5.82 Å². The monoisotopic (exact) mass is 393 g/mol. The number of aromatic nitrogens is 1. The number of piperazine rings is 1. The molecule has 1 aromatic carbocycles. The Balaban J connectivity index is 1.63. The fourth-order valence-corrected chi connectivity index (χ4v) is 3.35. The van der Waals surface area contributed by atoms with Crippen LogP contribution in [0.5, 0.6) is 0 Å². The van der Waals surface area contributed by atoms with Gasteiger partial charge in [-0.3, -0.25) is 4.79 Å². The second-order valence-electron chi connectivity index (χ2n) is 6.11. The lowest BCUT2D eigenvalue weighted by Gasteiger charge is -2.35. The molecule has 2 aromatic rings. The maximum Gasteiger partial charge on any atom is 0.246 e. The number of rotatable bonds is 3. The summed E-state index contributed by atoms with van der Waals surface area (Å²) < 4.78 is 13.0. The smallest absolute Gasteiger partial charge is 0.246 e. The Morgan fingerprint density at radius 1 is 1.15 bits per heavy atom. The van der Waals surface area contributed by atoms with Crippen molar-refractivity contribution in [3.63, 3.8) is 0 Å². The molecule has 2 heterocycles. The van der Waals surface area contributed by atoms with Crippen LogP contribution in [0.15, 0.2) is 42.6 Å². The van der Waals surface area contributed by atoms with Crippen LogP contribution < -0.4 is 4.90 Å². The minimum Gasteiger partial charge on any atom is -0.352 e. The summed E-state index contributed by atoms with van der Waals surface area (Å²) in [5.41, 5.74) is 1.63. The van der Waals surface area contributed by atoms with E-state index in [0.717, 1.165) is 11.1 Å². The Labute approximate surface area is 161 Å². The summed E-state index contributed by atoms with van der Waals surface area (Å²) in [6.07, 6.45) is 3.16. The highest BCUT2D eigenvalue weighted by Gasteiger charge is 2.22. The minimum absolute atomic E-state index is 0.0540. The van der Waals surface area contributed by atoms with Gasteiger partial charge in [0.25, 0.3) is 0 Å². The van der Waals surface area contributed by atoms with Crippen molar-refractivity contribution in [1.82, 2.24) is 9.88 Å². The molecule has 3 rings (SSSR count). The zero-order chi connectivity index (χ0) is 18.7. The molecule has 26 heavy (non-hydrogen) atoms. The van der Waals surface area contributed by atoms with Crippen molar-refractivity contribution in [2.45, 2.75) is 6.92 Å². The number of hydrogen-bond acceptors (Lipinski definition) is 3. The highest BCUT2D eigenvalue weighted by molar-refractivity contribution is 6.36. The normalized spacial score (nSPS) is 15.3. The van der Waals surface area contributed by atoms with Gasteiger partial charge in [-0.25, -0.2) is 9.37 Å². The number of carbonyl (C=O) groups is 1. The quantitative estimate of drug-likeness (QED) is 0.730. The lowest BCUT2D eigenvalue weighted by molar-refractivity contribution is -0.126. The molecule has 0 atom stereocenters. The third kappa shape index (κ3) is 4.34. The molecule has 0 N–H and O–H groups in total. The van der Waals surface area contributed by atoms with Crippen LogP contribution >= 0.6 is 23.2 Å². The number of halogens is 3. The maximum absolute atomic E-state index is 13.0. The SMILES string of the molecule is C/C(=C/C(=O)N1CCN(c2ncc(Cl)cc2Cl)CC1)c1ccc(F)cc1. The van der Waals surface area contributed by atoms with Crippen LogP contribution in [0.1, 0.15) is 12.5 Å². The van der Waals surface area contributed by atoms with Crippen molar-refractivity contribution < 1.29 is 9.18 Å². The molecule has 136 valence electrons. The number of allylic oxidation sites excluding steroid dienone is 1. The first-order chi connectivity index (χ1) is 12.4. The van der Waals surface area contributed by atoms with Gasteiger partial charge in [0.2, 0.25) is 5.91 Å². The van der Waals surface area contributed by atoms with Gasteiger partial charge >= 0.3 is 0 Å². The largest absolute Gasteiger partial charge is 0.352 e. The van der Waals surface area contributed by atoms with Gasteiger partial charge in [0.1, 0.15) is 11.6 Å². The molecule has 0 bridgehead atoms. The number of benzene rings is 1. The van der Waals surface area contributed by atoms with Gasteiger partial charge in [-0.05, 0) is 36.3 Å². The zero-order valence-electron chi connectivity index (χ0n) is 14.3. The second-order valence-corrected chi connectivity index (χ2v) is 6.95. The van der Waals surface area contributed by atoms with E-state index in [2.05, 4.69) is 4.98 Å². The molecule has 0 aliphatic carbocycles. The van der Waals surface area contributed by atoms with Crippen molar-refractivity contribution in [3.8, 4) is 0 Å². The molecule has 1 amide bonds. The molecule has 1 saturated heterocycles. The Kier molecular flexibility index (Phi) is 5.79. The topological polar surface area (TPSA) is 36.4 Å². The van der Waals surface area contributed by atoms with Gasteiger partial charge in [-0.2, -0.15) is 0 Å². The van der Waals surface area contributed by atoms with E-state index in [1.165, 1.54) is 12.1 Å². The maximum atomic E-state index is 13.0. The van der Waals surface area contributed by atoms with Crippen LogP contribution in [-0.2, 0) is 4.79 Å². The van der Waals surface area contributed by atoms with Crippen LogP contribution in [0.3, 0.4) is 0 Å². The lowest BCUT2D eigenvalue weighted by atomic mass is 10.1. The average Bonchev–Trinajstić information content (AvgIpc) is 2.62. The molecular weight excluding hydrogens is 376 g/mol. The number of hydrogen-bond donors (Lipinski definition) is 0. The molecule has 4 nitrogen and oxygen atoms in total. The minimum atomic E-state index is -0.293. The van der Waals surface area contributed by atoms with E-state index in [-0.39, 0.29) is 11.7 Å². The van der Waals surface area contributed by atoms with Gasteiger partial charge in [-0.15, -0.1) is 0 Å².